The van der Waals surface area contributed by atoms with Gasteiger partial charge in [0, 0.05) is 11.7 Å². The average Bonchev–Trinajstić information content (AvgIpc) is 2.88. The van der Waals surface area contributed by atoms with Gasteiger partial charge >= 0.3 is 5.97 Å². The first-order chi connectivity index (χ1) is 17.8. The molecule has 198 valence electrons. The zero-order valence-corrected chi connectivity index (χ0v) is 21.9. The maximum atomic E-state index is 14.8. The first kappa shape index (κ1) is 27.4. The third kappa shape index (κ3) is 5.17. The molecule has 8 heteroatoms. The first-order valence-electron chi connectivity index (χ1n) is 12.3. The molecule has 5 nitrogen and oxygen atoms in total. The lowest BCUT2D eigenvalue weighted by Crippen LogP contribution is -2.40. The van der Waals surface area contributed by atoms with E-state index >= 15 is 0 Å². The Bertz CT molecular complexity index is 1470. The van der Waals surface area contributed by atoms with Crippen LogP contribution >= 0.6 is 12.4 Å². The maximum absolute atomic E-state index is 14.8. The van der Waals surface area contributed by atoms with Crippen LogP contribution in [-0.2, 0) is 0 Å². The number of benzene rings is 4. The largest absolute Gasteiger partial charge is 0.483 e. The molecular formula is C30H29ClF2N2O3. The van der Waals surface area contributed by atoms with Crippen LogP contribution in [-0.4, -0.2) is 30.3 Å². The molecule has 4 aromatic carbocycles. The van der Waals surface area contributed by atoms with E-state index < -0.39 is 17.6 Å². The van der Waals surface area contributed by atoms with Crippen LogP contribution in [0, 0.1) is 18.6 Å². The normalized spacial score (nSPS) is 15.4. The van der Waals surface area contributed by atoms with E-state index in [0.29, 0.717) is 30.9 Å². The monoisotopic (exact) mass is 538 g/mol. The second-order valence-corrected chi connectivity index (χ2v) is 9.34. The number of nitrogens with one attached hydrogen (secondary N) is 1. The quantitative estimate of drug-likeness (QED) is 0.261. The topological polar surface area (TPSA) is 61.8 Å². The molecule has 0 amide bonds. The minimum absolute atomic E-state index is 0. The third-order valence-electron chi connectivity index (χ3n) is 7.00. The molecule has 0 aliphatic carbocycles. The Morgan fingerprint density at radius 1 is 1.03 bits per heavy atom. The Morgan fingerprint density at radius 3 is 2.55 bits per heavy atom. The van der Waals surface area contributed by atoms with Crippen LogP contribution in [0.1, 0.15) is 40.9 Å². The molecule has 1 heterocycles. The molecule has 0 bridgehead atoms. The van der Waals surface area contributed by atoms with E-state index in [1.54, 1.807) is 19.1 Å². The molecule has 1 aliphatic rings. The molecule has 2 atom stereocenters. The number of ether oxygens (including phenoxy) is 1. The summed E-state index contributed by atoms with van der Waals surface area (Å²) >= 11 is 0. The maximum Gasteiger partial charge on any atom is 0.339 e. The molecule has 38 heavy (non-hydrogen) atoms. The molecule has 0 aromatic heterocycles. The van der Waals surface area contributed by atoms with Crippen LogP contribution in [0.3, 0.4) is 0 Å². The van der Waals surface area contributed by atoms with Crippen LogP contribution in [0.2, 0.25) is 0 Å². The molecular weight excluding hydrogens is 510 g/mol. The Balaban J connectivity index is 0.00000336. The van der Waals surface area contributed by atoms with Crippen LogP contribution in [0.4, 0.5) is 20.2 Å². The minimum Gasteiger partial charge on any atom is -0.483 e. The van der Waals surface area contributed by atoms with E-state index in [1.807, 2.05) is 23.1 Å². The summed E-state index contributed by atoms with van der Waals surface area (Å²) in [6, 6.07) is 21.9. The van der Waals surface area contributed by atoms with Gasteiger partial charge in [-0.15, -0.1) is 12.4 Å². The van der Waals surface area contributed by atoms with Crippen molar-refractivity contribution < 1.29 is 23.4 Å². The van der Waals surface area contributed by atoms with Gasteiger partial charge in [0.2, 0.25) is 0 Å². The van der Waals surface area contributed by atoms with E-state index in [9.17, 15) is 18.7 Å². The highest BCUT2D eigenvalue weighted by Crippen LogP contribution is 2.42. The number of hydrogen-bond acceptors (Lipinski definition) is 4. The number of hydrogen-bond donors (Lipinski definition) is 2. The molecule has 0 radical (unpaired) electrons. The van der Waals surface area contributed by atoms with Gasteiger partial charge in [-0.25, -0.2) is 13.6 Å². The Kier molecular flexibility index (Phi) is 8.19. The summed E-state index contributed by atoms with van der Waals surface area (Å²) in [5.74, 6) is -2.53. The van der Waals surface area contributed by atoms with Gasteiger partial charge in [0.15, 0.2) is 11.6 Å². The van der Waals surface area contributed by atoms with Gasteiger partial charge in [0.05, 0.1) is 12.2 Å². The molecule has 1 aliphatic heterocycles. The molecule has 0 saturated carbocycles. The number of carboxylic acid groups (broad SMARTS) is 1. The molecule has 0 spiro atoms. The van der Waals surface area contributed by atoms with Gasteiger partial charge in [0.25, 0.3) is 0 Å². The molecule has 1 unspecified atom stereocenters. The van der Waals surface area contributed by atoms with Crippen molar-refractivity contribution in [3.63, 3.8) is 0 Å². The predicted molar refractivity (Wildman–Crippen MR) is 148 cm³/mol. The van der Waals surface area contributed by atoms with Crippen molar-refractivity contribution in [2.75, 3.05) is 18.0 Å². The Morgan fingerprint density at radius 2 is 1.76 bits per heavy atom. The number of halogens is 3. The van der Waals surface area contributed by atoms with Crippen molar-refractivity contribution in [3.05, 3.63) is 101 Å². The number of nitrogens with zero attached hydrogens (tertiary/aromatic N) is 1. The van der Waals surface area contributed by atoms with Gasteiger partial charge in [-0.1, -0.05) is 48.5 Å². The van der Waals surface area contributed by atoms with Gasteiger partial charge in [-0.3, -0.25) is 0 Å². The summed E-state index contributed by atoms with van der Waals surface area (Å²) in [7, 11) is 0. The Hall–Kier alpha value is -3.68. The van der Waals surface area contributed by atoms with Crippen molar-refractivity contribution in [2.24, 2.45) is 0 Å². The fourth-order valence-electron chi connectivity index (χ4n) is 5.13. The zero-order valence-electron chi connectivity index (χ0n) is 21.1. The van der Waals surface area contributed by atoms with E-state index in [-0.39, 0.29) is 41.4 Å². The summed E-state index contributed by atoms with van der Waals surface area (Å²) in [5.41, 5.74) is 2.09. The number of carbonyl (C=O) groups is 1. The summed E-state index contributed by atoms with van der Waals surface area (Å²) < 4.78 is 35.1. The van der Waals surface area contributed by atoms with E-state index in [4.69, 9.17) is 4.74 Å². The number of carboxylic acids is 1. The Labute approximate surface area is 226 Å². The second-order valence-electron chi connectivity index (χ2n) is 9.34. The van der Waals surface area contributed by atoms with Gasteiger partial charge in [-0.05, 0) is 73.0 Å². The van der Waals surface area contributed by atoms with Gasteiger partial charge in [-0.2, -0.15) is 0 Å². The van der Waals surface area contributed by atoms with Crippen molar-refractivity contribution in [1.29, 1.82) is 0 Å². The molecule has 0 fully saturated rings. The highest BCUT2D eigenvalue weighted by Gasteiger charge is 2.31. The highest BCUT2D eigenvalue weighted by molar-refractivity contribution is 5.92. The number of anilines is 2. The predicted octanol–water partition coefficient (Wildman–Crippen LogP) is 7.19. The van der Waals surface area contributed by atoms with Crippen LogP contribution in [0.15, 0.2) is 72.8 Å². The number of para-hydroxylation sites is 1. The third-order valence-corrected chi connectivity index (χ3v) is 7.00. The number of fused-ring (bicyclic) bond motifs is 2. The van der Waals surface area contributed by atoms with E-state index in [1.165, 1.54) is 28.5 Å². The summed E-state index contributed by atoms with van der Waals surface area (Å²) in [4.78, 5) is 13.5. The van der Waals surface area contributed by atoms with Crippen molar-refractivity contribution in [1.82, 2.24) is 5.32 Å². The average molecular weight is 539 g/mol. The molecule has 4 aromatic rings. The zero-order chi connectivity index (χ0) is 26.1. The smallest absolute Gasteiger partial charge is 0.339 e. The summed E-state index contributed by atoms with van der Waals surface area (Å²) in [5, 5.41) is 15.5. The summed E-state index contributed by atoms with van der Waals surface area (Å²) in [6.45, 7) is 4.67. The number of aromatic carboxylic acids is 1. The fraction of sp³-hybridized carbons (Fsp3) is 0.233. The van der Waals surface area contributed by atoms with Crippen LogP contribution in [0.25, 0.3) is 10.8 Å². The van der Waals surface area contributed by atoms with Crippen molar-refractivity contribution in [2.45, 2.75) is 32.4 Å². The van der Waals surface area contributed by atoms with Crippen LogP contribution in [0.5, 0.6) is 5.75 Å². The highest BCUT2D eigenvalue weighted by atomic mass is 35.5. The lowest BCUT2D eigenvalue weighted by Gasteiger charge is -2.37. The number of rotatable bonds is 7. The first-order valence-corrected chi connectivity index (χ1v) is 12.3. The second kappa shape index (κ2) is 11.4. The van der Waals surface area contributed by atoms with E-state index in [2.05, 4.69) is 36.5 Å². The molecule has 5 rings (SSSR count). The van der Waals surface area contributed by atoms with Gasteiger partial charge < -0.3 is 20.1 Å². The van der Waals surface area contributed by atoms with Crippen LogP contribution < -0.4 is 15.0 Å². The van der Waals surface area contributed by atoms with Gasteiger partial charge in [0.1, 0.15) is 17.5 Å². The van der Waals surface area contributed by atoms with E-state index in [0.717, 1.165) is 6.07 Å². The standard InChI is InChI=1S/C30H28F2N2O3.ClH/c1-18-26(14-13-24(31)28(18)30(35)36)34-17-21(37-29-25(32)11-6-12-27(29)34)15-16-33-19(2)22-10-5-8-20-7-3-4-9-23(20)22;/h3-14,19,21,33H,15-17H2,1-2H3,(H,35,36);1H/t19-,21?;/m1./s1. The SMILES string of the molecule is Cc1c(N2CC(CCN[C@H](C)c3cccc4ccccc34)Oc3c(F)cccc32)ccc(F)c1C(=O)O.Cl. The van der Waals surface area contributed by atoms with Crippen molar-refractivity contribution >= 4 is 40.5 Å². The molecule has 0 saturated heterocycles. The fourth-order valence-corrected chi connectivity index (χ4v) is 5.13. The summed E-state index contributed by atoms with van der Waals surface area (Å²) in [6.07, 6.45) is 0.222. The lowest BCUT2D eigenvalue weighted by atomic mass is 9.99. The van der Waals surface area contributed by atoms with Crippen molar-refractivity contribution in [3.8, 4) is 5.75 Å². The minimum atomic E-state index is -1.34. The lowest BCUT2D eigenvalue weighted by molar-refractivity contribution is 0.0691. The molecule has 2 N–H and O–H groups in total.